The van der Waals surface area contributed by atoms with E-state index in [2.05, 4.69) is 5.32 Å². The molecule has 7 heteroatoms. The van der Waals surface area contributed by atoms with Crippen LogP contribution >= 0.6 is 0 Å². The minimum absolute atomic E-state index is 0.134. The first-order chi connectivity index (χ1) is 8.24. The van der Waals surface area contributed by atoms with Gasteiger partial charge in [0.1, 0.15) is 0 Å². The Kier molecular flexibility index (Phi) is 4.15. The number of nitrogens with zero attached hydrogens (tertiary/aromatic N) is 1. The van der Waals surface area contributed by atoms with E-state index in [0.29, 0.717) is 13.0 Å². The van der Waals surface area contributed by atoms with Crippen molar-refractivity contribution in [2.75, 3.05) is 19.6 Å². The lowest BCUT2D eigenvalue weighted by atomic mass is 9.93. The Labute approximate surface area is 105 Å². The van der Waals surface area contributed by atoms with E-state index in [1.807, 2.05) is 0 Å². The molecule has 4 N–H and O–H groups in total. The van der Waals surface area contributed by atoms with Gasteiger partial charge >= 0.3 is 12.0 Å². The number of hydrogen-bond acceptors (Lipinski definition) is 3. The van der Waals surface area contributed by atoms with Gasteiger partial charge in [0.25, 0.3) is 0 Å². The summed E-state index contributed by atoms with van der Waals surface area (Å²) in [5.41, 5.74) is 4.37. The Morgan fingerprint density at radius 2 is 2.06 bits per heavy atom. The zero-order chi connectivity index (χ0) is 13.9. The molecule has 0 saturated carbocycles. The second kappa shape index (κ2) is 5.24. The standard InChI is InChI=1S/C11H19N3O4/c1-11(2,9(12)17)6-13-10(18)14-4-3-7(5-14)8(15)16/h7H,3-6H2,1-2H3,(H2,12,17)(H,13,18)(H,15,16). The van der Waals surface area contributed by atoms with E-state index >= 15 is 0 Å². The highest BCUT2D eigenvalue weighted by Gasteiger charge is 2.32. The molecule has 0 aromatic carbocycles. The van der Waals surface area contributed by atoms with Crippen molar-refractivity contribution < 1.29 is 19.5 Å². The van der Waals surface area contributed by atoms with Crippen molar-refractivity contribution in [2.24, 2.45) is 17.1 Å². The quantitative estimate of drug-likeness (QED) is 0.636. The van der Waals surface area contributed by atoms with Gasteiger partial charge in [-0.2, -0.15) is 0 Å². The van der Waals surface area contributed by atoms with Gasteiger partial charge in [-0.25, -0.2) is 4.79 Å². The Bertz CT molecular complexity index is 367. The number of carboxylic acid groups (broad SMARTS) is 1. The minimum Gasteiger partial charge on any atom is -0.481 e. The summed E-state index contributed by atoms with van der Waals surface area (Å²) in [5, 5.41) is 11.4. The van der Waals surface area contributed by atoms with Crippen LogP contribution in [0, 0.1) is 11.3 Å². The molecule has 1 saturated heterocycles. The molecule has 1 aliphatic rings. The monoisotopic (exact) mass is 257 g/mol. The van der Waals surface area contributed by atoms with Crippen LogP contribution in [0.4, 0.5) is 4.79 Å². The number of carbonyl (C=O) groups excluding carboxylic acids is 2. The van der Waals surface area contributed by atoms with Crippen molar-refractivity contribution in [3.05, 3.63) is 0 Å². The van der Waals surface area contributed by atoms with E-state index in [1.165, 1.54) is 4.90 Å². The van der Waals surface area contributed by atoms with Crippen LogP contribution in [0.5, 0.6) is 0 Å². The summed E-state index contributed by atoms with van der Waals surface area (Å²) in [5.74, 6) is -1.88. The van der Waals surface area contributed by atoms with Crippen LogP contribution in [-0.4, -0.2) is 47.5 Å². The van der Waals surface area contributed by atoms with Gasteiger partial charge in [-0.05, 0) is 20.3 Å². The van der Waals surface area contributed by atoms with E-state index in [-0.39, 0.29) is 19.1 Å². The molecule has 18 heavy (non-hydrogen) atoms. The van der Waals surface area contributed by atoms with Crippen molar-refractivity contribution in [3.63, 3.8) is 0 Å². The second-order valence-electron chi connectivity index (χ2n) is 5.18. The normalized spacial score (nSPS) is 19.7. The maximum atomic E-state index is 11.8. The topological polar surface area (TPSA) is 113 Å². The summed E-state index contributed by atoms with van der Waals surface area (Å²) in [6, 6.07) is -0.354. The van der Waals surface area contributed by atoms with E-state index in [0.717, 1.165) is 0 Å². The van der Waals surface area contributed by atoms with Gasteiger partial charge in [-0.3, -0.25) is 9.59 Å². The fourth-order valence-corrected chi connectivity index (χ4v) is 1.64. The van der Waals surface area contributed by atoms with Crippen LogP contribution < -0.4 is 11.1 Å². The first kappa shape index (κ1) is 14.3. The van der Waals surface area contributed by atoms with E-state index < -0.39 is 23.2 Å². The van der Waals surface area contributed by atoms with Crippen molar-refractivity contribution in [1.29, 1.82) is 0 Å². The lowest BCUT2D eigenvalue weighted by Gasteiger charge is -2.23. The molecule has 1 heterocycles. The van der Waals surface area contributed by atoms with Crippen LogP contribution in [-0.2, 0) is 9.59 Å². The molecule has 0 bridgehead atoms. The number of hydrogen-bond donors (Lipinski definition) is 3. The number of amides is 3. The highest BCUT2D eigenvalue weighted by Crippen LogP contribution is 2.17. The van der Waals surface area contributed by atoms with Gasteiger partial charge in [0.05, 0.1) is 11.3 Å². The van der Waals surface area contributed by atoms with Crippen LogP contribution in [0.2, 0.25) is 0 Å². The van der Waals surface area contributed by atoms with E-state index in [1.54, 1.807) is 13.8 Å². The largest absolute Gasteiger partial charge is 0.481 e. The predicted octanol–water partition coefficient (Wildman–Crippen LogP) is -0.386. The number of carbonyl (C=O) groups is 3. The highest BCUT2D eigenvalue weighted by molar-refractivity contribution is 5.82. The van der Waals surface area contributed by atoms with Crippen molar-refractivity contribution in [1.82, 2.24) is 10.2 Å². The van der Waals surface area contributed by atoms with Crippen LogP contribution in [0.15, 0.2) is 0 Å². The van der Waals surface area contributed by atoms with Gasteiger partial charge in [-0.1, -0.05) is 0 Å². The summed E-state index contributed by atoms with van der Waals surface area (Å²) in [4.78, 5) is 35.0. The van der Waals surface area contributed by atoms with Gasteiger partial charge in [-0.15, -0.1) is 0 Å². The third-order valence-electron chi connectivity index (χ3n) is 3.17. The molecular weight excluding hydrogens is 238 g/mol. The molecule has 0 spiro atoms. The van der Waals surface area contributed by atoms with Gasteiger partial charge in [0.15, 0.2) is 0 Å². The molecule has 0 aliphatic carbocycles. The van der Waals surface area contributed by atoms with Crippen LogP contribution in [0.3, 0.4) is 0 Å². The molecule has 1 aliphatic heterocycles. The molecule has 1 rings (SSSR count). The molecule has 102 valence electrons. The predicted molar refractivity (Wildman–Crippen MR) is 63.7 cm³/mol. The third-order valence-corrected chi connectivity index (χ3v) is 3.17. The zero-order valence-corrected chi connectivity index (χ0v) is 10.6. The molecule has 1 fully saturated rings. The molecule has 0 aromatic rings. The smallest absolute Gasteiger partial charge is 0.317 e. The minimum atomic E-state index is -0.886. The van der Waals surface area contributed by atoms with Crippen molar-refractivity contribution in [3.8, 4) is 0 Å². The number of nitrogens with two attached hydrogens (primary N) is 1. The van der Waals surface area contributed by atoms with Crippen LogP contribution in [0.25, 0.3) is 0 Å². The SMILES string of the molecule is CC(C)(CNC(=O)N1CCC(C(=O)O)C1)C(N)=O. The number of rotatable bonds is 4. The summed E-state index contributed by atoms with van der Waals surface area (Å²) in [6.45, 7) is 4.03. The third kappa shape index (κ3) is 3.35. The zero-order valence-electron chi connectivity index (χ0n) is 10.6. The molecule has 1 atom stereocenters. The van der Waals surface area contributed by atoms with Crippen molar-refractivity contribution in [2.45, 2.75) is 20.3 Å². The average molecular weight is 257 g/mol. The number of aliphatic carboxylic acids is 1. The molecule has 1 unspecified atom stereocenters. The molecule has 3 amide bonds. The summed E-state index contributed by atoms with van der Waals surface area (Å²) >= 11 is 0. The number of likely N-dealkylation sites (tertiary alicyclic amines) is 1. The fourth-order valence-electron chi connectivity index (χ4n) is 1.64. The Morgan fingerprint density at radius 3 is 2.50 bits per heavy atom. The fraction of sp³-hybridized carbons (Fsp3) is 0.727. The molecule has 0 aromatic heterocycles. The van der Waals surface area contributed by atoms with E-state index in [9.17, 15) is 14.4 Å². The Balaban J connectivity index is 2.44. The molecular formula is C11H19N3O4. The Morgan fingerprint density at radius 1 is 1.44 bits per heavy atom. The van der Waals surface area contributed by atoms with E-state index in [4.69, 9.17) is 10.8 Å². The number of carboxylic acids is 1. The van der Waals surface area contributed by atoms with Gasteiger partial charge in [0, 0.05) is 19.6 Å². The summed E-state index contributed by atoms with van der Waals surface area (Å²) in [6.07, 6.45) is 0.460. The van der Waals surface area contributed by atoms with Gasteiger partial charge < -0.3 is 21.1 Å². The Hall–Kier alpha value is -1.79. The molecule has 7 nitrogen and oxygen atoms in total. The highest BCUT2D eigenvalue weighted by atomic mass is 16.4. The molecule has 0 radical (unpaired) electrons. The lowest BCUT2D eigenvalue weighted by Crippen LogP contribution is -2.46. The lowest BCUT2D eigenvalue weighted by molar-refractivity contribution is -0.141. The maximum Gasteiger partial charge on any atom is 0.317 e. The van der Waals surface area contributed by atoms with Crippen LogP contribution in [0.1, 0.15) is 20.3 Å². The van der Waals surface area contributed by atoms with Gasteiger partial charge in [0.2, 0.25) is 5.91 Å². The number of urea groups is 1. The first-order valence-corrected chi connectivity index (χ1v) is 5.79. The number of nitrogens with one attached hydrogen (secondary N) is 1. The summed E-state index contributed by atoms with van der Waals surface area (Å²) < 4.78 is 0. The maximum absolute atomic E-state index is 11.8. The first-order valence-electron chi connectivity index (χ1n) is 5.79. The van der Waals surface area contributed by atoms with Crippen molar-refractivity contribution >= 4 is 17.9 Å². The summed E-state index contributed by atoms with van der Waals surface area (Å²) in [7, 11) is 0. The second-order valence-corrected chi connectivity index (χ2v) is 5.18. The number of primary amides is 1. The average Bonchev–Trinajstić information content (AvgIpc) is 2.75.